The molecular weight excluding hydrogens is 312 g/mol. The van der Waals surface area contributed by atoms with Crippen LogP contribution in [0.15, 0.2) is 58.3 Å². The van der Waals surface area contributed by atoms with Crippen LogP contribution >= 0.6 is 11.8 Å². The highest BCUT2D eigenvalue weighted by Crippen LogP contribution is 2.39. The third-order valence-corrected chi connectivity index (χ3v) is 3.99. The summed E-state index contributed by atoms with van der Waals surface area (Å²) in [6.07, 6.45) is -1.04. The molecule has 0 heterocycles. The summed E-state index contributed by atoms with van der Waals surface area (Å²) in [7, 11) is 0. The summed E-state index contributed by atoms with van der Waals surface area (Å²) in [5.74, 6) is 1.45. The van der Waals surface area contributed by atoms with Gasteiger partial charge in [0.05, 0.1) is 22.0 Å². The first-order valence-electron chi connectivity index (χ1n) is 7.54. The SMILES string of the molecule is CC(O)COc1ccccc1Sc1ccccc1OCC(C)O. The van der Waals surface area contributed by atoms with Gasteiger partial charge in [-0.25, -0.2) is 0 Å². The van der Waals surface area contributed by atoms with Crippen molar-refractivity contribution in [3.8, 4) is 11.5 Å². The number of aliphatic hydroxyl groups excluding tert-OH is 2. The quantitative estimate of drug-likeness (QED) is 0.775. The van der Waals surface area contributed by atoms with E-state index >= 15 is 0 Å². The van der Waals surface area contributed by atoms with Crippen molar-refractivity contribution in [3.63, 3.8) is 0 Å². The number of benzene rings is 2. The lowest BCUT2D eigenvalue weighted by Crippen LogP contribution is -2.13. The number of ether oxygens (including phenoxy) is 2. The van der Waals surface area contributed by atoms with Crippen LogP contribution in [-0.2, 0) is 0 Å². The Hall–Kier alpha value is -1.69. The number of para-hydroxylation sites is 2. The van der Waals surface area contributed by atoms with E-state index in [2.05, 4.69) is 0 Å². The molecule has 23 heavy (non-hydrogen) atoms. The van der Waals surface area contributed by atoms with Gasteiger partial charge in [-0.3, -0.25) is 0 Å². The molecule has 4 nitrogen and oxygen atoms in total. The molecule has 0 radical (unpaired) electrons. The largest absolute Gasteiger partial charge is 0.490 e. The molecule has 0 aliphatic rings. The van der Waals surface area contributed by atoms with Crippen LogP contribution in [0.5, 0.6) is 11.5 Å². The fraction of sp³-hybridized carbons (Fsp3) is 0.333. The van der Waals surface area contributed by atoms with Crippen LogP contribution in [0.4, 0.5) is 0 Å². The second-order valence-corrected chi connectivity index (χ2v) is 6.40. The highest BCUT2D eigenvalue weighted by Gasteiger charge is 2.10. The van der Waals surface area contributed by atoms with E-state index in [9.17, 15) is 10.2 Å². The molecule has 124 valence electrons. The second-order valence-electron chi connectivity index (χ2n) is 5.32. The lowest BCUT2D eigenvalue weighted by molar-refractivity contribution is 0.121. The summed E-state index contributed by atoms with van der Waals surface area (Å²) < 4.78 is 11.3. The van der Waals surface area contributed by atoms with Crippen molar-refractivity contribution in [3.05, 3.63) is 48.5 Å². The van der Waals surface area contributed by atoms with Crippen LogP contribution in [-0.4, -0.2) is 35.6 Å². The Morgan fingerprint density at radius 3 is 1.57 bits per heavy atom. The van der Waals surface area contributed by atoms with Crippen molar-refractivity contribution < 1.29 is 19.7 Å². The third kappa shape index (κ3) is 5.78. The predicted octanol–water partition coefficient (Wildman–Crippen LogP) is 3.36. The van der Waals surface area contributed by atoms with Gasteiger partial charge in [-0.05, 0) is 38.1 Å². The molecule has 0 aromatic heterocycles. The normalized spacial score (nSPS) is 13.4. The Labute approximate surface area is 141 Å². The smallest absolute Gasteiger partial charge is 0.133 e. The Morgan fingerprint density at radius 1 is 0.783 bits per heavy atom. The lowest BCUT2D eigenvalue weighted by Gasteiger charge is -2.15. The maximum atomic E-state index is 9.38. The predicted molar refractivity (Wildman–Crippen MR) is 91.4 cm³/mol. The van der Waals surface area contributed by atoms with Crippen LogP contribution in [0.25, 0.3) is 0 Å². The fourth-order valence-corrected chi connectivity index (χ4v) is 2.83. The van der Waals surface area contributed by atoms with Crippen LogP contribution in [0.3, 0.4) is 0 Å². The summed E-state index contributed by atoms with van der Waals surface area (Å²) in [4.78, 5) is 1.89. The van der Waals surface area contributed by atoms with Crippen LogP contribution in [0.2, 0.25) is 0 Å². The Bertz CT molecular complexity index is 560. The molecule has 0 aliphatic carbocycles. The van der Waals surface area contributed by atoms with E-state index in [0.29, 0.717) is 0 Å². The van der Waals surface area contributed by atoms with E-state index in [1.807, 2.05) is 48.5 Å². The topological polar surface area (TPSA) is 58.9 Å². The van der Waals surface area contributed by atoms with Crippen molar-refractivity contribution in [1.82, 2.24) is 0 Å². The Balaban J connectivity index is 2.16. The number of hydrogen-bond acceptors (Lipinski definition) is 5. The Morgan fingerprint density at radius 2 is 1.17 bits per heavy atom. The highest BCUT2D eigenvalue weighted by atomic mass is 32.2. The Kier molecular flexibility index (Phi) is 6.77. The minimum absolute atomic E-state index is 0.248. The molecule has 0 saturated heterocycles. The fourth-order valence-electron chi connectivity index (χ4n) is 1.85. The number of rotatable bonds is 8. The van der Waals surface area contributed by atoms with Crippen molar-refractivity contribution in [1.29, 1.82) is 0 Å². The zero-order chi connectivity index (χ0) is 16.7. The first kappa shape index (κ1) is 17.7. The minimum atomic E-state index is -0.519. The van der Waals surface area contributed by atoms with Gasteiger partial charge in [0.2, 0.25) is 0 Å². The summed E-state index contributed by atoms with van der Waals surface area (Å²) in [5, 5.41) is 18.8. The van der Waals surface area contributed by atoms with Crippen molar-refractivity contribution >= 4 is 11.8 Å². The van der Waals surface area contributed by atoms with Gasteiger partial charge in [-0.1, -0.05) is 36.0 Å². The molecule has 0 spiro atoms. The number of aliphatic hydroxyl groups is 2. The van der Waals surface area contributed by atoms with Gasteiger partial charge >= 0.3 is 0 Å². The second kappa shape index (κ2) is 8.82. The molecule has 2 rings (SSSR count). The van der Waals surface area contributed by atoms with Gasteiger partial charge < -0.3 is 19.7 Å². The highest BCUT2D eigenvalue weighted by molar-refractivity contribution is 7.99. The van der Waals surface area contributed by atoms with Crippen LogP contribution in [0, 0.1) is 0 Å². The van der Waals surface area contributed by atoms with E-state index < -0.39 is 12.2 Å². The molecule has 2 aromatic rings. The molecule has 2 N–H and O–H groups in total. The standard InChI is InChI=1S/C18H22O4S/c1-13(19)11-21-15-7-3-5-9-17(15)23-18-10-6-4-8-16(18)22-12-14(2)20/h3-10,13-14,19-20H,11-12H2,1-2H3. The number of hydrogen-bond donors (Lipinski definition) is 2. The minimum Gasteiger partial charge on any atom is -0.490 e. The average Bonchev–Trinajstić information content (AvgIpc) is 2.53. The molecule has 2 aromatic carbocycles. The van der Waals surface area contributed by atoms with E-state index in [0.717, 1.165) is 21.3 Å². The van der Waals surface area contributed by atoms with Crippen molar-refractivity contribution in [2.45, 2.75) is 35.8 Å². The monoisotopic (exact) mass is 334 g/mol. The molecule has 2 atom stereocenters. The molecule has 0 amide bonds. The molecule has 0 aliphatic heterocycles. The third-order valence-electron chi connectivity index (χ3n) is 2.88. The summed E-state index contributed by atoms with van der Waals surface area (Å²) in [5.41, 5.74) is 0. The molecule has 0 saturated carbocycles. The van der Waals surface area contributed by atoms with Gasteiger partial charge in [0, 0.05) is 0 Å². The maximum Gasteiger partial charge on any atom is 0.133 e. The van der Waals surface area contributed by atoms with E-state index in [4.69, 9.17) is 9.47 Å². The summed E-state index contributed by atoms with van der Waals surface area (Å²) >= 11 is 1.53. The maximum absolute atomic E-state index is 9.38. The molecule has 0 fully saturated rings. The van der Waals surface area contributed by atoms with Gasteiger partial charge in [0.25, 0.3) is 0 Å². The van der Waals surface area contributed by atoms with E-state index in [-0.39, 0.29) is 13.2 Å². The first-order chi connectivity index (χ1) is 11.1. The molecule has 0 bridgehead atoms. The molecular formula is C18H22O4S. The first-order valence-corrected chi connectivity index (χ1v) is 8.35. The van der Waals surface area contributed by atoms with Crippen molar-refractivity contribution in [2.75, 3.05) is 13.2 Å². The van der Waals surface area contributed by atoms with E-state index in [1.165, 1.54) is 11.8 Å². The van der Waals surface area contributed by atoms with E-state index in [1.54, 1.807) is 13.8 Å². The van der Waals surface area contributed by atoms with Gasteiger partial charge in [0.15, 0.2) is 0 Å². The molecule has 2 unspecified atom stereocenters. The lowest BCUT2D eigenvalue weighted by atomic mass is 10.3. The van der Waals surface area contributed by atoms with Gasteiger partial charge in [-0.2, -0.15) is 0 Å². The zero-order valence-electron chi connectivity index (χ0n) is 13.3. The van der Waals surface area contributed by atoms with Gasteiger partial charge in [-0.15, -0.1) is 0 Å². The van der Waals surface area contributed by atoms with Crippen molar-refractivity contribution in [2.24, 2.45) is 0 Å². The zero-order valence-corrected chi connectivity index (χ0v) is 14.1. The average molecular weight is 334 g/mol. The van der Waals surface area contributed by atoms with Gasteiger partial charge in [0.1, 0.15) is 24.7 Å². The summed E-state index contributed by atoms with van der Waals surface area (Å²) in [6, 6.07) is 15.4. The molecule has 5 heteroatoms. The van der Waals surface area contributed by atoms with Crippen LogP contribution < -0.4 is 9.47 Å². The van der Waals surface area contributed by atoms with Crippen LogP contribution in [0.1, 0.15) is 13.8 Å². The summed E-state index contributed by atoms with van der Waals surface area (Å²) in [6.45, 7) is 3.87.